The molecule has 3 amide bonds. The Morgan fingerprint density at radius 2 is 1.59 bits per heavy atom. The molecule has 1 atom stereocenters. The van der Waals surface area contributed by atoms with E-state index in [1.54, 1.807) is 60.7 Å². The van der Waals surface area contributed by atoms with Gasteiger partial charge in [0.1, 0.15) is 11.5 Å². The van der Waals surface area contributed by atoms with Gasteiger partial charge in [-0.2, -0.15) is 0 Å². The molecule has 0 aliphatic rings. The van der Waals surface area contributed by atoms with Crippen LogP contribution in [0.4, 0.5) is 15.2 Å². The topological polar surface area (TPSA) is 100 Å². The maximum Gasteiger partial charge on any atom is 0.272 e. The number of amides is 3. The number of hydrogen-bond acceptors (Lipinski definition) is 6. The van der Waals surface area contributed by atoms with E-state index in [0.29, 0.717) is 22.8 Å². The first kappa shape index (κ1) is 32.3. The van der Waals surface area contributed by atoms with E-state index in [0.717, 1.165) is 21.0 Å². The number of benzene rings is 4. The Bertz CT molecular complexity index is 1880. The summed E-state index contributed by atoms with van der Waals surface area (Å²) in [5.41, 5.74) is 2.64. The Kier molecular flexibility index (Phi) is 10.7. The van der Waals surface area contributed by atoms with Crippen LogP contribution in [0.5, 0.6) is 0 Å². The lowest BCUT2D eigenvalue weighted by atomic mass is 10.1. The number of carbonyl (C=O) groups is 3. The molecule has 5 rings (SSSR count). The van der Waals surface area contributed by atoms with Crippen molar-refractivity contribution in [3.05, 3.63) is 137 Å². The first-order valence-corrected chi connectivity index (χ1v) is 16.2. The summed E-state index contributed by atoms with van der Waals surface area (Å²) >= 11 is 2.79. The van der Waals surface area contributed by atoms with Crippen LogP contribution in [0.2, 0.25) is 0 Å². The highest BCUT2D eigenvalue weighted by atomic mass is 32.2. The maximum absolute atomic E-state index is 14.5. The van der Waals surface area contributed by atoms with Crippen LogP contribution in [0.15, 0.2) is 120 Å². The van der Waals surface area contributed by atoms with Crippen LogP contribution in [0.25, 0.3) is 17.3 Å². The number of hydrogen-bond donors (Lipinski definition) is 3. The summed E-state index contributed by atoms with van der Waals surface area (Å²) in [6.07, 6.45) is 1.86. The van der Waals surface area contributed by atoms with E-state index in [1.807, 2.05) is 50.2 Å². The smallest absolute Gasteiger partial charge is 0.272 e. The molecule has 10 heteroatoms. The van der Waals surface area contributed by atoms with Gasteiger partial charge in [0.15, 0.2) is 5.13 Å². The van der Waals surface area contributed by atoms with Crippen molar-refractivity contribution in [1.82, 2.24) is 10.3 Å². The van der Waals surface area contributed by atoms with Gasteiger partial charge in [-0.25, -0.2) is 9.37 Å². The third-order valence-electron chi connectivity index (χ3n) is 6.84. The van der Waals surface area contributed by atoms with Gasteiger partial charge in [0.05, 0.1) is 10.9 Å². The molecule has 0 spiro atoms. The number of nitrogens with zero attached hydrogens (tertiary/aromatic N) is 1. The lowest BCUT2D eigenvalue weighted by Gasteiger charge is -2.15. The van der Waals surface area contributed by atoms with E-state index in [2.05, 4.69) is 20.9 Å². The SMILES string of the molecule is CCC(Sc1cccc(NC(=O)/C(=C/c2ccccc2F)NC(=O)c2ccccc2)c1)C(=O)Nc1nc(-c2ccccc2)c(C)s1. The zero-order valence-electron chi connectivity index (χ0n) is 25.1. The quantitative estimate of drug-likeness (QED) is 0.0989. The molecule has 5 aromatic rings. The number of halogens is 1. The van der Waals surface area contributed by atoms with Gasteiger partial charge >= 0.3 is 0 Å². The fourth-order valence-electron chi connectivity index (χ4n) is 4.52. The molecule has 46 heavy (non-hydrogen) atoms. The van der Waals surface area contributed by atoms with Crippen molar-refractivity contribution in [3.63, 3.8) is 0 Å². The van der Waals surface area contributed by atoms with E-state index in [-0.39, 0.29) is 17.2 Å². The molecule has 3 N–H and O–H groups in total. The Hall–Kier alpha value is -5.06. The Balaban J connectivity index is 1.29. The molecule has 4 aromatic carbocycles. The van der Waals surface area contributed by atoms with E-state index >= 15 is 0 Å². The van der Waals surface area contributed by atoms with Crippen LogP contribution in [-0.4, -0.2) is 28.0 Å². The van der Waals surface area contributed by atoms with Crippen LogP contribution in [0, 0.1) is 12.7 Å². The van der Waals surface area contributed by atoms with E-state index in [9.17, 15) is 18.8 Å². The molecule has 0 fully saturated rings. The summed E-state index contributed by atoms with van der Waals surface area (Å²) < 4.78 is 14.5. The Morgan fingerprint density at radius 1 is 0.891 bits per heavy atom. The highest BCUT2D eigenvalue weighted by Gasteiger charge is 2.21. The molecule has 0 saturated carbocycles. The first-order chi connectivity index (χ1) is 22.3. The van der Waals surface area contributed by atoms with Crippen LogP contribution in [0.1, 0.15) is 34.1 Å². The standard InChI is InChI=1S/C36H31FN4O3S2/c1-3-31(35(44)41-36-40-32(23(2)45-36)24-13-6-4-7-14-24)46-28-19-12-18-27(22-28)38-34(43)30(21-26-17-10-11-20-29(26)37)39-33(42)25-15-8-5-9-16-25/h4-22,31H,3H2,1-2H3,(H,38,43)(H,39,42)(H,40,41,44)/b30-21-. The normalized spacial score (nSPS) is 11.8. The van der Waals surface area contributed by atoms with Crippen molar-refractivity contribution in [2.75, 3.05) is 10.6 Å². The number of nitrogens with one attached hydrogen (secondary N) is 3. The van der Waals surface area contributed by atoms with Crippen LogP contribution >= 0.6 is 23.1 Å². The molecule has 0 aliphatic heterocycles. The predicted octanol–water partition coefficient (Wildman–Crippen LogP) is 8.18. The predicted molar refractivity (Wildman–Crippen MR) is 184 cm³/mol. The molecule has 1 unspecified atom stereocenters. The third kappa shape index (κ3) is 8.35. The molecule has 0 aliphatic carbocycles. The van der Waals surface area contributed by atoms with Gasteiger partial charge in [-0.3, -0.25) is 14.4 Å². The number of rotatable bonds is 11. The summed E-state index contributed by atoms with van der Waals surface area (Å²) in [5.74, 6) is -1.85. The molecule has 7 nitrogen and oxygen atoms in total. The first-order valence-electron chi connectivity index (χ1n) is 14.5. The van der Waals surface area contributed by atoms with Gasteiger partial charge in [0.2, 0.25) is 5.91 Å². The van der Waals surface area contributed by atoms with E-state index < -0.39 is 22.9 Å². The molecular weight excluding hydrogens is 620 g/mol. The minimum absolute atomic E-state index is 0.128. The molecular formula is C36H31FN4O3S2. The summed E-state index contributed by atoms with van der Waals surface area (Å²) in [7, 11) is 0. The Labute approximate surface area is 275 Å². The van der Waals surface area contributed by atoms with Crippen molar-refractivity contribution in [2.24, 2.45) is 0 Å². The summed E-state index contributed by atoms with van der Waals surface area (Å²) in [4.78, 5) is 46.0. The van der Waals surface area contributed by atoms with Crippen molar-refractivity contribution in [2.45, 2.75) is 30.4 Å². The van der Waals surface area contributed by atoms with Crippen LogP contribution < -0.4 is 16.0 Å². The number of aromatic nitrogens is 1. The zero-order valence-corrected chi connectivity index (χ0v) is 26.8. The largest absolute Gasteiger partial charge is 0.321 e. The van der Waals surface area contributed by atoms with Gasteiger partial charge in [-0.1, -0.05) is 79.7 Å². The minimum Gasteiger partial charge on any atom is -0.321 e. The number of thiazole rings is 1. The Morgan fingerprint density at radius 3 is 2.30 bits per heavy atom. The second kappa shape index (κ2) is 15.3. The highest BCUT2D eigenvalue weighted by Crippen LogP contribution is 2.32. The van der Waals surface area contributed by atoms with Gasteiger partial charge in [-0.05, 0) is 55.8 Å². The lowest BCUT2D eigenvalue weighted by Crippen LogP contribution is -2.30. The molecule has 0 bridgehead atoms. The number of thioether (sulfide) groups is 1. The molecule has 1 heterocycles. The number of carbonyl (C=O) groups excluding carboxylic acids is 3. The molecule has 0 saturated heterocycles. The van der Waals surface area contributed by atoms with Gasteiger partial charge in [0, 0.05) is 32.2 Å². The average Bonchev–Trinajstić information content (AvgIpc) is 3.44. The molecule has 232 valence electrons. The fraction of sp³-hybridized carbons (Fsp3) is 0.111. The maximum atomic E-state index is 14.5. The van der Waals surface area contributed by atoms with Gasteiger partial charge in [-0.15, -0.1) is 23.1 Å². The molecule has 0 radical (unpaired) electrons. The monoisotopic (exact) mass is 650 g/mol. The van der Waals surface area contributed by atoms with Crippen LogP contribution in [0.3, 0.4) is 0 Å². The van der Waals surface area contributed by atoms with Crippen molar-refractivity contribution < 1.29 is 18.8 Å². The van der Waals surface area contributed by atoms with Crippen molar-refractivity contribution in [1.29, 1.82) is 0 Å². The third-order valence-corrected chi connectivity index (χ3v) is 9.09. The average molecular weight is 651 g/mol. The van der Waals surface area contributed by atoms with Gasteiger partial charge in [0.25, 0.3) is 11.8 Å². The number of aryl methyl sites for hydroxylation is 1. The van der Waals surface area contributed by atoms with Crippen molar-refractivity contribution >= 4 is 57.7 Å². The molecule has 1 aromatic heterocycles. The lowest BCUT2D eigenvalue weighted by molar-refractivity contribution is -0.116. The fourth-order valence-corrected chi connectivity index (χ4v) is 6.37. The van der Waals surface area contributed by atoms with E-state index in [1.165, 1.54) is 41.3 Å². The summed E-state index contributed by atoms with van der Waals surface area (Å²) in [6.45, 7) is 3.91. The summed E-state index contributed by atoms with van der Waals surface area (Å²) in [5, 5.41) is 8.50. The van der Waals surface area contributed by atoms with Gasteiger partial charge < -0.3 is 16.0 Å². The van der Waals surface area contributed by atoms with E-state index in [4.69, 9.17) is 0 Å². The van der Waals surface area contributed by atoms with Crippen molar-refractivity contribution in [3.8, 4) is 11.3 Å². The second-order valence-electron chi connectivity index (χ2n) is 10.2. The number of anilines is 2. The zero-order chi connectivity index (χ0) is 32.5. The second-order valence-corrected chi connectivity index (χ2v) is 12.7. The minimum atomic E-state index is -0.632. The highest BCUT2D eigenvalue weighted by molar-refractivity contribution is 8.00. The summed E-state index contributed by atoms with van der Waals surface area (Å²) in [6, 6.07) is 31.3. The van der Waals surface area contributed by atoms with Crippen LogP contribution in [-0.2, 0) is 9.59 Å².